The number of hydrogen-bond acceptors (Lipinski definition) is 3. The lowest BCUT2D eigenvalue weighted by Crippen LogP contribution is -2.45. The first-order valence-corrected chi connectivity index (χ1v) is 11.2. The number of fused-ring (bicyclic) bond motifs is 3. The van der Waals surface area contributed by atoms with Gasteiger partial charge in [0.25, 0.3) is 0 Å². The molecule has 1 aromatic heterocycles. The van der Waals surface area contributed by atoms with Crippen molar-refractivity contribution in [1.82, 2.24) is 14.8 Å². The minimum atomic E-state index is 0.184. The Morgan fingerprint density at radius 1 is 1.00 bits per heavy atom. The summed E-state index contributed by atoms with van der Waals surface area (Å²) in [7, 11) is 0. The van der Waals surface area contributed by atoms with E-state index in [0.29, 0.717) is 11.0 Å². The van der Waals surface area contributed by atoms with Crippen molar-refractivity contribution in [1.29, 1.82) is 0 Å². The average molecular weight is 380 g/mol. The van der Waals surface area contributed by atoms with Crippen LogP contribution in [0.4, 0.5) is 0 Å². The third kappa shape index (κ3) is 3.21. The molecule has 4 nitrogen and oxygen atoms in total. The average Bonchev–Trinajstić information content (AvgIpc) is 3.20. The Kier molecular flexibility index (Phi) is 5.39. The molecule has 3 aliphatic carbocycles. The highest BCUT2D eigenvalue weighted by Crippen LogP contribution is 2.59. The largest absolute Gasteiger partial charge is 0.311 e. The molecule has 2 aromatic rings. The van der Waals surface area contributed by atoms with Crippen LogP contribution in [0.3, 0.4) is 0 Å². The van der Waals surface area contributed by atoms with Gasteiger partial charge in [-0.15, -0.1) is 10.2 Å². The zero-order valence-electron chi connectivity index (χ0n) is 17.4. The SMILES string of the molecule is CCCCCC12CCC(c3nnc(-c4ccccc4C=O)n3CC)(CC1)CC2. The van der Waals surface area contributed by atoms with Crippen LogP contribution in [0.5, 0.6) is 0 Å². The number of rotatable bonds is 8. The van der Waals surface area contributed by atoms with Gasteiger partial charge in [-0.3, -0.25) is 4.79 Å². The van der Waals surface area contributed by atoms with Crippen LogP contribution < -0.4 is 0 Å². The summed E-state index contributed by atoms with van der Waals surface area (Å²) in [4.78, 5) is 11.5. The van der Waals surface area contributed by atoms with Gasteiger partial charge in [0.05, 0.1) is 0 Å². The zero-order valence-corrected chi connectivity index (χ0v) is 17.4. The molecule has 3 saturated carbocycles. The molecule has 0 atom stereocenters. The van der Waals surface area contributed by atoms with E-state index in [1.165, 1.54) is 64.2 Å². The van der Waals surface area contributed by atoms with Gasteiger partial charge in [-0.05, 0) is 57.3 Å². The summed E-state index contributed by atoms with van der Waals surface area (Å²) in [5.41, 5.74) is 2.37. The lowest BCUT2D eigenvalue weighted by molar-refractivity contribution is 0.0246. The van der Waals surface area contributed by atoms with Crippen molar-refractivity contribution in [3.63, 3.8) is 0 Å². The highest BCUT2D eigenvalue weighted by Gasteiger charge is 2.51. The van der Waals surface area contributed by atoms with Crippen molar-refractivity contribution in [3.8, 4) is 11.4 Å². The van der Waals surface area contributed by atoms with Crippen LogP contribution in [0, 0.1) is 5.41 Å². The normalized spacial score (nSPS) is 26.5. The molecule has 0 spiro atoms. The molecule has 3 aliphatic rings. The summed E-state index contributed by atoms with van der Waals surface area (Å²) in [5, 5.41) is 9.31. The minimum Gasteiger partial charge on any atom is -0.311 e. The molecular formula is C24H33N3O. The molecular weight excluding hydrogens is 346 g/mol. The first-order valence-electron chi connectivity index (χ1n) is 11.2. The molecule has 28 heavy (non-hydrogen) atoms. The maximum Gasteiger partial charge on any atom is 0.164 e. The Morgan fingerprint density at radius 3 is 2.36 bits per heavy atom. The molecule has 2 bridgehead atoms. The van der Waals surface area contributed by atoms with Crippen LogP contribution in [0.25, 0.3) is 11.4 Å². The molecule has 150 valence electrons. The van der Waals surface area contributed by atoms with Crippen LogP contribution in [0.15, 0.2) is 24.3 Å². The van der Waals surface area contributed by atoms with Gasteiger partial charge in [-0.2, -0.15) is 0 Å². The predicted molar refractivity (Wildman–Crippen MR) is 112 cm³/mol. The van der Waals surface area contributed by atoms with Crippen LogP contribution in [-0.2, 0) is 12.0 Å². The molecule has 0 N–H and O–H groups in total. The fraction of sp³-hybridized carbons (Fsp3) is 0.625. The standard InChI is InChI=1S/C24H33N3O/c1-3-5-8-11-23-12-15-24(16-13-23,17-14-23)22-26-25-21(27(22)4-2)20-10-7-6-9-19(20)18-28/h6-7,9-10,18H,3-5,8,11-17H2,1-2H3. The Morgan fingerprint density at radius 2 is 1.71 bits per heavy atom. The van der Waals surface area contributed by atoms with Crippen molar-refractivity contribution < 1.29 is 4.79 Å². The zero-order chi connectivity index (χ0) is 19.6. The van der Waals surface area contributed by atoms with Crippen molar-refractivity contribution in [2.75, 3.05) is 0 Å². The Bertz CT molecular complexity index is 814. The Balaban J connectivity index is 1.62. The van der Waals surface area contributed by atoms with Crippen molar-refractivity contribution in [2.24, 2.45) is 5.41 Å². The monoisotopic (exact) mass is 379 g/mol. The topological polar surface area (TPSA) is 47.8 Å². The summed E-state index contributed by atoms with van der Waals surface area (Å²) in [5.74, 6) is 2.01. The molecule has 1 heterocycles. The number of unbranched alkanes of at least 4 members (excludes halogenated alkanes) is 2. The number of nitrogens with zero attached hydrogens (tertiary/aromatic N) is 3. The summed E-state index contributed by atoms with van der Waals surface area (Å²) in [6, 6.07) is 7.73. The van der Waals surface area contributed by atoms with E-state index in [-0.39, 0.29) is 5.41 Å². The summed E-state index contributed by atoms with van der Waals surface area (Å²) in [6.07, 6.45) is 14.2. The molecule has 0 aliphatic heterocycles. The van der Waals surface area contributed by atoms with Gasteiger partial charge < -0.3 is 4.57 Å². The number of aldehydes is 1. The van der Waals surface area contributed by atoms with Crippen molar-refractivity contribution in [2.45, 2.75) is 90.0 Å². The molecule has 5 rings (SSSR count). The van der Waals surface area contributed by atoms with Gasteiger partial charge in [0.2, 0.25) is 0 Å². The van der Waals surface area contributed by atoms with E-state index in [1.54, 1.807) is 0 Å². The first kappa shape index (κ1) is 19.4. The van der Waals surface area contributed by atoms with Gasteiger partial charge in [0.1, 0.15) is 5.82 Å². The fourth-order valence-electron chi connectivity index (χ4n) is 5.72. The summed E-state index contributed by atoms with van der Waals surface area (Å²) in [6.45, 7) is 5.30. The second-order valence-electron chi connectivity index (χ2n) is 9.03. The maximum absolute atomic E-state index is 11.5. The predicted octanol–water partition coefficient (Wildman–Crippen LogP) is 5.95. The molecule has 0 radical (unpaired) electrons. The van der Waals surface area contributed by atoms with Crippen molar-refractivity contribution in [3.05, 3.63) is 35.7 Å². The quantitative estimate of drug-likeness (QED) is 0.420. The van der Waals surface area contributed by atoms with E-state index < -0.39 is 0 Å². The molecule has 0 unspecified atom stereocenters. The number of hydrogen-bond donors (Lipinski definition) is 0. The fourth-order valence-corrected chi connectivity index (χ4v) is 5.72. The highest BCUT2D eigenvalue weighted by molar-refractivity contribution is 5.85. The van der Waals surface area contributed by atoms with Crippen LogP contribution >= 0.6 is 0 Å². The first-order chi connectivity index (χ1) is 13.7. The third-order valence-electron chi connectivity index (χ3n) is 7.58. The van der Waals surface area contributed by atoms with E-state index in [9.17, 15) is 4.79 Å². The van der Waals surface area contributed by atoms with E-state index in [4.69, 9.17) is 5.10 Å². The molecule has 0 amide bonds. The van der Waals surface area contributed by atoms with Crippen molar-refractivity contribution >= 4 is 6.29 Å². The van der Waals surface area contributed by atoms with Gasteiger partial charge in [0, 0.05) is 23.1 Å². The Hall–Kier alpha value is -1.97. The molecule has 4 heteroatoms. The second kappa shape index (κ2) is 7.81. The van der Waals surface area contributed by atoms with Crippen LogP contribution in [0.2, 0.25) is 0 Å². The maximum atomic E-state index is 11.5. The van der Waals surface area contributed by atoms with Crippen LogP contribution in [-0.4, -0.2) is 21.1 Å². The number of benzene rings is 1. The second-order valence-corrected chi connectivity index (χ2v) is 9.03. The van der Waals surface area contributed by atoms with E-state index >= 15 is 0 Å². The number of aromatic nitrogens is 3. The van der Waals surface area contributed by atoms with Gasteiger partial charge in [-0.1, -0.05) is 50.5 Å². The lowest BCUT2D eigenvalue weighted by Gasteiger charge is -2.53. The third-order valence-corrected chi connectivity index (χ3v) is 7.58. The van der Waals surface area contributed by atoms with Gasteiger partial charge in [0.15, 0.2) is 12.1 Å². The van der Waals surface area contributed by atoms with Gasteiger partial charge >= 0.3 is 0 Å². The minimum absolute atomic E-state index is 0.184. The van der Waals surface area contributed by atoms with E-state index in [0.717, 1.165) is 30.0 Å². The van der Waals surface area contributed by atoms with E-state index in [2.05, 4.69) is 23.5 Å². The van der Waals surface area contributed by atoms with Gasteiger partial charge in [-0.25, -0.2) is 0 Å². The summed E-state index contributed by atoms with van der Waals surface area (Å²) >= 11 is 0. The molecule has 1 aromatic carbocycles. The van der Waals surface area contributed by atoms with E-state index in [1.807, 2.05) is 24.3 Å². The highest BCUT2D eigenvalue weighted by atomic mass is 16.1. The molecule has 3 fully saturated rings. The summed E-state index contributed by atoms with van der Waals surface area (Å²) < 4.78 is 2.28. The van der Waals surface area contributed by atoms with Crippen LogP contribution in [0.1, 0.15) is 94.2 Å². The number of carbonyl (C=O) groups excluding carboxylic acids is 1. The lowest BCUT2D eigenvalue weighted by atomic mass is 9.52. The Labute approximate surface area is 168 Å². The smallest absolute Gasteiger partial charge is 0.164 e. The molecule has 0 saturated heterocycles. The number of carbonyl (C=O) groups is 1.